The zero-order chi connectivity index (χ0) is 12.4. The molecule has 0 aliphatic carbocycles. The first kappa shape index (κ1) is 11.3. The van der Waals surface area contributed by atoms with E-state index >= 15 is 0 Å². The number of nitrogens with zero attached hydrogens (tertiary/aromatic N) is 3. The summed E-state index contributed by atoms with van der Waals surface area (Å²) in [6, 6.07) is 11.5. The average Bonchev–Trinajstić information content (AvgIpc) is 2.77. The molecule has 1 N–H and O–H groups in total. The number of imidazole rings is 1. The fourth-order valence-electron chi connectivity index (χ4n) is 1.76. The van der Waals surface area contributed by atoms with Crippen molar-refractivity contribution in [3.8, 4) is 0 Å². The first-order chi connectivity index (χ1) is 8.88. The molecule has 0 spiro atoms. The maximum atomic E-state index is 9.49. The topological polar surface area (TPSA) is 50.4 Å². The zero-order valence-electron chi connectivity index (χ0n) is 9.52. The molecule has 3 rings (SSSR count). The van der Waals surface area contributed by atoms with E-state index in [-0.39, 0.29) is 6.61 Å². The van der Waals surface area contributed by atoms with Crippen LogP contribution in [0.2, 0.25) is 0 Å². The van der Waals surface area contributed by atoms with Crippen LogP contribution in [0.15, 0.2) is 58.8 Å². The fourth-order valence-corrected chi connectivity index (χ4v) is 2.64. The number of hydrogen-bond donors (Lipinski definition) is 1. The first-order valence-corrected chi connectivity index (χ1v) is 6.36. The molecule has 0 fully saturated rings. The van der Waals surface area contributed by atoms with Crippen LogP contribution in [0.5, 0.6) is 0 Å². The second-order valence-electron chi connectivity index (χ2n) is 3.72. The molecule has 4 nitrogen and oxygen atoms in total. The van der Waals surface area contributed by atoms with Crippen LogP contribution in [0.25, 0.3) is 5.65 Å². The minimum atomic E-state index is -0.0413. The summed E-state index contributed by atoms with van der Waals surface area (Å²) >= 11 is 1.46. The van der Waals surface area contributed by atoms with Gasteiger partial charge in [-0.3, -0.25) is 0 Å². The third kappa shape index (κ3) is 1.98. The van der Waals surface area contributed by atoms with Crippen LogP contribution in [0.1, 0.15) is 5.69 Å². The standard InChI is InChI=1S/C13H11N3OS/c17-9-10-13(18-12-6-1-3-7-14-12)15-11-5-2-4-8-16(10)11/h1-8,17H,9H2. The van der Waals surface area contributed by atoms with E-state index in [9.17, 15) is 5.11 Å². The van der Waals surface area contributed by atoms with Crippen LogP contribution < -0.4 is 0 Å². The normalized spacial score (nSPS) is 10.9. The molecule has 3 aromatic rings. The maximum absolute atomic E-state index is 9.49. The lowest BCUT2D eigenvalue weighted by Crippen LogP contribution is -1.92. The van der Waals surface area contributed by atoms with E-state index in [1.807, 2.05) is 47.0 Å². The molecule has 3 heterocycles. The zero-order valence-corrected chi connectivity index (χ0v) is 10.3. The van der Waals surface area contributed by atoms with Crippen molar-refractivity contribution in [2.24, 2.45) is 0 Å². The van der Waals surface area contributed by atoms with Crippen LogP contribution in [0.3, 0.4) is 0 Å². The van der Waals surface area contributed by atoms with E-state index in [0.29, 0.717) is 0 Å². The van der Waals surface area contributed by atoms with Crippen molar-refractivity contribution in [3.05, 3.63) is 54.5 Å². The minimum absolute atomic E-state index is 0.0413. The molecule has 0 aliphatic rings. The third-order valence-electron chi connectivity index (χ3n) is 2.58. The molecule has 0 saturated carbocycles. The summed E-state index contributed by atoms with van der Waals surface area (Å²) in [6.45, 7) is -0.0413. The van der Waals surface area contributed by atoms with Gasteiger partial charge < -0.3 is 9.51 Å². The van der Waals surface area contributed by atoms with Crippen molar-refractivity contribution in [3.63, 3.8) is 0 Å². The summed E-state index contributed by atoms with van der Waals surface area (Å²) in [5.41, 5.74) is 1.63. The van der Waals surface area contributed by atoms with E-state index < -0.39 is 0 Å². The maximum Gasteiger partial charge on any atom is 0.138 e. The van der Waals surface area contributed by atoms with Crippen molar-refractivity contribution in [2.45, 2.75) is 16.7 Å². The molecule has 0 atom stereocenters. The van der Waals surface area contributed by atoms with Crippen molar-refractivity contribution in [1.29, 1.82) is 0 Å². The van der Waals surface area contributed by atoms with E-state index in [2.05, 4.69) is 9.97 Å². The van der Waals surface area contributed by atoms with Gasteiger partial charge in [0.2, 0.25) is 0 Å². The smallest absolute Gasteiger partial charge is 0.138 e. The van der Waals surface area contributed by atoms with Crippen molar-refractivity contribution in [2.75, 3.05) is 0 Å². The Bertz CT molecular complexity index is 666. The minimum Gasteiger partial charge on any atom is -0.390 e. The Kier molecular flexibility index (Phi) is 3.00. The van der Waals surface area contributed by atoms with Gasteiger partial charge in [-0.15, -0.1) is 0 Å². The van der Waals surface area contributed by atoms with Crippen LogP contribution in [-0.4, -0.2) is 19.5 Å². The van der Waals surface area contributed by atoms with Gasteiger partial charge in [0.15, 0.2) is 0 Å². The number of hydrogen-bond acceptors (Lipinski definition) is 4. The van der Waals surface area contributed by atoms with Crippen molar-refractivity contribution in [1.82, 2.24) is 14.4 Å². The SMILES string of the molecule is OCc1c(Sc2ccccn2)nc2ccccn12. The summed E-state index contributed by atoms with van der Waals surface area (Å²) in [7, 11) is 0. The quantitative estimate of drug-likeness (QED) is 0.782. The van der Waals surface area contributed by atoms with E-state index in [1.165, 1.54) is 11.8 Å². The van der Waals surface area contributed by atoms with Gasteiger partial charge in [0.25, 0.3) is 0 Å². The van der Waals surface area contributed by atoms with Crippen LogP contribution in [-0.2, 0) is 6.61 Å². The molecule has 0 amide bonds. The number of aromatic nitrogens is 3. The van der Waals surface area contributed by atoms with Gasteiger partial charge in [0, 0.05) is 12.4 Å². The molecular formula is C13H11N3OS. The van der Waals surface area contributed by atoms with Gasteiger partial charge in [-0.25, -0.2) is 9.97 Å². The highest BCUT2D eigenvalue weighted by Gasteiger charge is 2.12. The Morgan fingerprint density at radius 2 is 2.06 bits per heavy atom. The highest BCUT2D eigenvalue weighted by atomic mass is 32.2. The van der Waals surface area contributed by atoms with Gasteiger partial charge in [-0.1, -0.05) is 12.1 Å². The molecule has 5 heteroatoms. The monoisotopic (exact) mass is 257 g/mol. The number of rotatable bonds is 3. The van der Waals surface area contributed by atoms with Gasteiger partial charge in [-0.2, -0.15) is 0 Å². The molecule has 3 aromatic heterocycles. The Labute approximate surface area is 108 Å². The van der Waals surface area contributed by atoms with E-state index in [1.54, 1.807) is 6.20 Å². The van der Waals surface area contributed by atoms with Gasteiger partial charge in [0.05, 0.1) is 12.3 Å². The second kappa shape index (κ2) is 4.80. The first-order valence-electron chi connectivity index (χ1n) is 5.54. The number of aliphatic hydroxyl groups excluding tert-OH is 1. The van der Waals surface area contributed by atoms with Gasteiger partial charge in [-0.05, 0) is 36.0 Å². The van der Waals surface area contributed by atoms with E-state index in [0.717, 1.165) is 21.4 Å². The largest absolute Gasteiger partial charge is 0.390 e. The summed E-state index contributed by atoms with van der Waals surface area (Å²) in [5.74, 6) is 0. The average molecular weight is 257 g/mol. The molecule has 0 aromatic carbocycles. The molecule has 90 valence electrons. The molecule has 18 heavy (non-hydrogen) atoms. The van der Waals surface area contributed by atoms with Crippen molar-refractivity contribution < 1.29 is 5.11 Å². The molecular weight excluding hydrogens is 246 g/mol. The lowest BCUT2D eigenvalue weighted by molar-refractivity contribution is 0.272. The van der Waals surface area contributed by atoms with Crippen LogP contribution in [0, 0.1) is 0 Å². The number of pyridine rings is 2. The van der Waals surface area contributed by atoms with Crippen LogP contribution >= 0.6 is 11.8 Å². The fraction of sp³-hybridized carbons (Fsp3) is 0.0769. The molecule has 0 bridgehead atoms. The predicted octanol–water partition coefficient (Wildman–Crippen LogP) is 2.37. The Morgan fingerprint density at radius 1 is 1.17 bits per heavy atom. The Hall–Kier alpha value is -1.85. The van der Waals surface area contributed by atoms with Crippen LogP contribution in [0.4, 0.5) is 0 Å². The van der Waals surface area contributed by atoms with Gasteiger partial charge >= 0.3 is 0 Å². The second-order valence-corrected chi connectivity index (χ2v) is 4.73. The summed E-state index contributed by atoms with van der Waals surface area (Å²) in [6.07, 6.45) is 3.65. The molecule has 0 radical (unpaired) electrons. The summed E-state index contributed by atoms with van der Waals surface area (Å²) in [4.78, 5) is 8.76. The number of aliphatic hydroxyl groups is 1. The third-order valence-corrected chi connectivity index (χ3v) is 3.55. The molecule has 0 aliphatic heterocycles. The van der Waals surface area contributed by atoms with Gasteiger partial charge in [0.1, 0.15) is 15.7 Å². The number of fused-ring (bicyclic) bond motifs is 1. The Morgan fingerprint density at radius 3 is 2.83 bits per heavy atom. The molecule has 0 saturated heterocycles. The lowest BCUT2D eigenvalue weighted by Gasteiger charge is -2.00. The molecule has 0 unspecified atom stereocenters. The summed E-state index contributed by atoms with van der Waals surface area (Å²) < 4.78 is 1.89. The highest BCUT2D eigenvalue weighted by molar-refractivity contribution is 7.99. The van der Waals surface area contributed by atoms with Crippen molar-refractivity contribution >= 4 is 17.4 Å². The summed E-state index contributed by atoms with van der Waals surface area (Å²) in [5, 5.41) is 11.2. The predicted molar refractivity (Wildman–Crippen MR) is 69.5 cm³/mol. The lowest BCUT2D eigenvalue weighted by atomic mass is 10.4. The van der Waals surface area contributed by atoms with E-state index in [4.69, 9.17) is 0 Å². The Balaban J connectivity index is 2.06. The highest BCUT2D eigenvalue weighted by Crippen LogP contribution is 2.28.